The van der Waals surface area contributed by atoms with Crippen LogP contribution in [0.25, 0.3) is 11.1 Å². The number of carbonyl (C=O) groups is 1. The fourth-order valence-electron chi connectivity index (χ4n) is 3.51. The molecule has 0 saturated carbocycles. The van der Waals surface area contributed by atoms with Gasteiger partial charge in [0.1, 0.15) is 0 Å². The number of nitrogens with two attached hydrogens (primary N) is 1. The Balaban J connectivity index is 1.70. The van der Waals surface area contributed by atoms with Crippen LogP contribution >= 0.6 is 0 Å². The standard InChI is InChI=1S/C24H29N5O2/c1-16-10-17(2)28-24(31)22(16)14-27-23(30)21-11-20(12-26-13-21)19-6-4-18(5-7-19)15-29(3)9-8-25/h4-7,10-13H,8-9,14-15,25H2,1-3H3,(H,27,30)(H,28,31). The maximum atomic E-state index is 12.6. The number of hydrogen-bond acceptors (Lipinski definition) is 5. The highest BCUT2D eigenvalue weighted by molar-refractivity contribution is 5.95. The van der Waals surface area contributed by atoms with Gasteiger partial charge < -0.3 is 20.9 Å². The highest BCUT2D eigenvalue weighted by atomic mass is 16.1. The van der Waals surface area contributed by atoms with Crippen LogP contribution in [0.5, 0.6) is 0 Å². The zero-order valence-electron chi connectivity index (χ0n) is 18.2. The number of benzene rings is 1. The lowest BCUT2D eigenvalue weighted by atomic mass is 10.0. The first-order valence-electron chi connectivity index (χ1n) is 10.3. The number of aromatic amines is 1. The molecule has 3 aromatic rings. The lowest BCUT2D eigenvalue weighted by molar-refractivity contribution is 0.0950. The second-order valence-corrected chi connectivity index (χ2v) is 7.81. The Labute approximate surface area is 182 Å². The van der Waals surface area contributed by atoms with Gasteiger partial charge in [-0.2, -0.15) is 0 Å². The Hall–Kier alpha value is -3.29. The van der Waals surface area contributed by atoms with Crippen molar-refractivity contribution in [1.82, 2.24) is 20.2 Å². The van der Waals surface area contributed by atoms with Gasteiger partial charge in [0.2, 0.25) is 0 Å². The summed E-state index contributed by atoms with van der Waals surface area (Å²) in [4.78, 5) is 34.0. The topological polar surface area (TPSA) is 104 Å². The van der Waals surface area contributed by atoms with Gasteiger partial charge in [0.05, 0.1) is 5.56 Å². The number of pyridine rings is 2. The van der Waals surface area contributed by atoms with Crippen molar-refractivity contribution in [2.75, 3.05) is 20.1 Å². The van der Waals surface area contributed by atoms with E-state index in [1.807, 2.05) is 45.2 Å². The smallest absolute Gasteiger partial charge is 0.253 e. The predicted octanol–water partition coefficient (Wildman–Crippen LogP) is 2.37. The van der Waals surface area contributed by atoms with E-state index in [9.17, 15) is 9.59 Å². The summed E-state index contributed by atoms with van der Waals surface area (Å²) in [6.45, 7) is 6.16. The van der Waals surface area contributed by atoms with Crippen LogP contribution in [0.2, 0.25) is 0 Å². The van der Waals surface area contributed by atoms with E-state index >= 15 is 0 Å². The number of amides is 1. The Kier molecular flexibility index (Phi) is 7.33. The number of H-pyrrole nitrogens is 1. The van der Waals surface area contributed by atoms with Crippen molar-refractivity contribution >= 4 is 5.91 Å². The highest BCUT2D eigenvalue weighted by Gasteiger charge is 2.11. The summed E-state index contributed by atoms with van der Waals surface area (Å²) in [6, 6.07) is 11.9. The third-order valence-electron chi connectivity index (χ3n) is 5.17. The number of likely N-dealkylation sites (N-methyl/N-ethyl adjacent to an activating group) is 1. The van der Waals surface area contributed by atoms with Gasteiger partial charge in [-0.15, -0.1) is 0 Å². The first-order chi connectivity index (χ1) is 14.9. The molecule has 2 aromatic heterocycles. The van der Waals surface area contributed by atoms with Crippen molar-refractivity contribution in [2.24, 2.45) is 5.73 Å². The number of aryl methyl sites for hydroxylation is 2. The lowest BCUT2D eigenvalue weighted by Crippen LogP contribution is -2.28. The average Bonchev–Trinajstić information content (AvgIpc) is 2.73. The fraction of sp³-hybridized carbons (Fsp3) is 0.292. The number of carbonyl (C=O) groups excluding carboxylic acids is 1. The first-order valence-corrected chi connectivity index (χ1v) is 10.3. The SMILES string of the molecule is Cc1cc(C)c(CNC(=O)c2cncc(-c3ccc(CN(C)CCN)cc3)c2)c(=O)[nH]1. The first kappa shape index (κ1) is 22.4. The van der Waals surface area contributed by atoms with Crippen LogP contribution < -0.4 is 16.6 Å². The molecule has 0 radical (unpaired) electrons. The molecule has 162 valence electrons. The Morgan fingerprint density at radius 2 is 1.87 bits per heavy atom. The molecule has 1 amide bonds. The summed E-state index contributed by atoms with van der Waals surface area (Å²) in [5.41, 5.74) is 11.1. The lowest BCUT2D eigenvalue weighted by Gasteiger charge is -2.15. The van der Waals surface area contributed by atoms with E-state index in [4.69, 9.17) is 5.73 Å². The average molecular weight is 420 g/mol. The van der Waals surface area contributed by atoms with Crippen LogP contribution in [0, 0.1) is 13.8 Å². The molecule has 0 aliphatic heterocycles. The van der Waals surface area contributed by atoms with E-state index in [0.717, 1.165) is 35.5 Å². The van der Waals surface area contributed by atoms with Crippen molar-refractivity contribution in [3.05, 3.63) is 87.1 Å². The summed E-state index contributed by atoms with van der Waals surface area (Å²) in [5, 5.41) is 2.82. The summed E-state index contributed by atoms with van der Waals surface area (Å²) >= 11 is 0. The van der Waals surface area contributed by atoms with Gasteiger partial charge in [-0.1, -0.05) is 24.3 Å². The van der Waals surface area contributed by atoms with E-state index in [-0.39, 0.29) is 18.0 Å². The molecular weight excluding hydrogens is 390 g/mol. The molecule has 0 unspecified atom stereocenters. The molecule has 0 fully saturated rings. The second-order valence-electron chi connectivity index (χ2n) is 7.81. The van der Waals surface area contributed by atoms with Crippen molar-refractivity contribution in [2.45, 2.75) is 26.9 Å². The third kappa shape index (κ3) is 5.87. The normalized spacial score (nSPS) is 11.0. The number of hydrogen-bond donors (Lipinski definition) is 3. The largest absolute Gasteiger partial charge is 0.348 e. The molecule has 7 heteroatoms. The molecule has 3 rings (SSSR count). The van der Waals surface area contributed by atoms with E-state index in [1.165, 1.54) is 11.8 Å². The van der Waals surface area contributed by atoms with Crippen LogP contribution in [-0.2, 0) is 13.1 Å². The van der Waals surface area contributed by atoms with Gasteiger partial charge >= 0.3 is 0 Å². The monoisotopic (exact) mass is 419 g/mol. The molecule has 0 bridgehead atoms. The molecule has 0 aliphatic carbocycles. The molecular formula is C24H29N5O2. The molecule has 4 N–H and O–H groups in total. The molecule has 7 nitrogen and oxygen atoms in total. The van der Waals surface area contributed by atoms with Crippen molar-refractivity contribution in [3.8, 4) is 11.1 Å². The zero-order chi connectivity index (χ0) is 22.4. The van der Waals surface area contributed by atoms with Crippen LogP contribution in [0.15, 0.2) is 53.6 Å². The second kappa shape index (κ2) is 10.1. The van der Waals surface area contributed by atoms with Gasteiger partial charge in [-0.05, 0) is 49.7 Å². The van der Waals surface area contributed by atoms with Crippen molar-refractivity contribution in [1.29, 1.82) is 0 Å². The van der Waals surface area contributed by atoms with Gasteiger partial charge in [0.25, 0.3) is 11.5 Å². The number of aromatic nitrogens is 2. The molecule has 0 spiro atoms. The summed E-state index contributed by atoms with van der Waals surface area (Å²) in [7, 11) is 2.04. The molecule has 1 aromatic carbocycles. The van der Waals surface area contributed by atoms with Gasteiger partial charge in [-0.3, -0.25) is 14.6 Å². The van der Waals surface area contributed by atoms with Crippen LogP contribution in [0.1, 0.15) is 32.7 Å². The van der Waals surface area contributed by atoms with E-state index in [2.05, 4.69) is 32.3 Å². The number of rotatable bonds is 8. The summed E-state index contributed by atoms with van der Waals surface area (Å²) in [5.74, 6) is -0.270. The minimum absolute atomic E-state index is 0.162. The van der Waals surface area contributed by atoms with E-state index < -0.39 is 0 Å². The summed E-state index contributed by atoms with van der Waals surface area (Å²) in [6.07, 6.45) is 3.27. The van der Waals surface area contributed by atoms with Crippen molar-refractivity contribution < 1.29 is 4.79 Å². The minimum atomic E-state index is -0.270. The Morgan fingerprint density at radius 1 is 1.13 bits per heavy atom. The molecule has 0 saturated heterocycles. The molecule has 2 heterocycles. The Morgan fingerprint density at radius 3 is 2.55 bits per heavy atom. The minimum Gasteiger partial charge on any atom is -0.348 e. The molecule has 31 heavy (non-hydrogen) atoms. The maximum absolute atomic E-state index is 12.6. The Bertz CT molecular complexity index is 1110. The van der Waals surface area contributed by atoms with Crippen LogP contribution in [-0.4, -0.2) is 40.9 Å². The summed E-state index contributed by atoms with van der Waals surface area (Å²) < 4.78 is 0. The quantitative estimate of drug-likeness (QED) is 0.520. The van der Waals surface area contributed by atoms with Crippen molar-refractivity contribution in [3.63, 3.8) is 0 Å². The van der Waals surface area contributed by atoms with Crippen LogP contribution in [0.4, 0.5) is 0 Å². The predicted molar refractivity (Wildman–Crippen MR) is 123 cm³/mol. The van der Waals surface area contributed by atoms with Gasteiger partial charge in [0.15, 0.2) is 0 Å². The van der Waals surface area contributed by atoms with E-state index in [0.29, 0.717) is 17.7 Å². The third-order valence-corrected chi connectivity index (χ3v) is 5.17. The molecule has 0 aliphatic rings. The fourth-order valence-corrected chi connectivity index (χ4v) is 3.51. The number of nitrogens with one attached hydrogen (secondary N) is 2. The number of nitrogens with zero attached hydrogens (tertiary/aromatic N) is 2. The highest BCUT2D eigenvalue weighted by Crippen LogP contribution is 2.20. The zero-order valence-corrected chi connectivity index (χ0v) is 18.2. The molecule has 0 atom stereocenters. The van der Waals surface area contributed by atoms with Gasteiger partial charge in [-0.25, -0.2) is 0 Å². The van der Waals surface area contributed by atoms with Gasteiger partial charge in [0, 0.05) is 55.4 Å². The van der Waals surface area contributed by atoms with Crippen LogP contribution in [0.3, 0.4) is 0 Å². The maximum Gasteiger partial charge on any atom is 0.253 e. The van der Waals surface area contributed by atoms with E-state index in [1.54, 1.807) is 6.20 Å².